The Bertz CT molecular complexity index is 302. The summed E-state index contributed by atoms with van der Waals surface area (Å²) in [6, 6.07) is 0.182. The Balaban J connectivity index is 2.51. The maximum atomic E-state index is 11.4. The molecule has 1 rings (SSSR count). The van der Waals surface area contributed by atoms with Crippen LogP contribution in [0.15, 0.2) is 0 Å². The topological polar surface area (TPSA) is 52.6 Å². The SMILES string of the molecule is CC(C)NC(C)(CCN1CCC(C)(C)C1)C(=O)O. The lowest BCUT2D eigenvalue weighted by Gasteiger charge is -2.31. The van der Waals surface area contributed by atoms with Crippen LogP contribution in [0.1, 0.15) is 47.5 Å². The average Bonchev–Trinajstić information content (AvgIpc) is 2.54. The predicted octanol–water partition coefficient (Wildman–Crippen LogP) is 1.95. The van der Waals surface area contributed by atoms with E-state index in [0.717, 1.165) is 19.6 Å². The van der Waals surface area contributed by atoms with Crippen molar-refractivity contribution in [1.82, 2.24) is 10.2 Å². The van der Waals surface area contributed by atoms with Crippen molar-refractivity contribution in [1.29, 1.82) is 0 Å². The molecule has 0 aromatic carbocycles. The number of carboxylic acids is 1. The number of nitrogens with one attached hydrogen (secondary N) is 1. The summed E-state index contributed by atoms with van der Waals surface area (Å²) in [5, 5.41) is 12.6. The van der Waals surface area contributed by atoms with Crippen LogP contribution < -0.4 is 5.32 Å². The van der Waals surface area contributed by atoms with Crippen LogP contribution in [0, 0.1) is 5.41 Å². The average molecular weight is 256 g/mol. The van der Waals surface area contributed by atoms with Crippen molar-refractivity contribution in [2.75, 3.05) is 19.6 Å². The van der Waals surface area contributed by atoms with Crippen molar-refractivity contribution >= 4 is 5.97 Å². The minimum atomic E-state index is -0.819. The van der Waals surface area contributed by atoms with Crippen LogP contribution in [0.3, 0.4) is 0 Å². The van der Waals surface area contributed by atoms with Gasteiger partial charge >= 0.3 is 5.97 Å². The minimum Gasteiger partial charge on any atom is -0.480 e. The van der Waals surface area contributed by atoms with Crippen molar-refractivity contribution < 1.29 is 9.90 Å². The number of hydrogen-bond acceptors (Lipinski definition) is 3. The van der Waals surface area contributed by atoms with Gasteiger partial charge in [0.2, 0.25) is 0 Å². The molecule has 0 radical (unpaired) electrons. The number of nitrogens with zero attached hydrogens (tertiary/aromatic N) is 1. The van der Waals surface area contributed by atoms with E-state index in [1.54, 1.807) is 6.92 Å². The fourth-order valence-electron chi connectivity index (χ4n) is 2.67. The van der Waals surface area contributed by atoms with Crippen LogP contribution in [0.2, 0.25) is 0 Å². The van der Waals surface area contributed by atoms with Crippen LogP contribution in [-0.2, 0) is 4.79 Å². The first-order valence-electron chi connectivity index (χ1n) is 6.88. The van der Waals surface area contributed by atoms with Gasteiger partial charge in [-0.2, -0.15) is 0 Å². The largest absolute Gasteiger partial charge is 0.480 e. The fraction of sp³-hybridized carbons (Fsp3) is 0.929. The zero-order valence-corrected chi connectivity index (χ0v) is 12.4. The van der Waals surface area contributed by atoms with E-state index in [1.165, 1.54) is 6.42 Å². The van der Waals surface area contributed by atoms with Crippen molar-refractivity contribution in [2.45, 2.75) is 59.0 Å². The highest BCUT2D eigenvalue weighted by Crippen LogP contribution is 2.29. The van der Waals surface area contributed by atoms with Gasteiger partial charge in [-0.15, -0.1) is 0 Å². The first-order valence-corrected chi connectivity index (χ1v) is 6.88. The van der Waals surface area contributed by atoms with E-state index in [2.05, 4.69) is 24.1 Å². The summed E-state index contributed by atoms with van der Waals surface area (Å²) >= 11 is 0. The maximum absolute atomic E-state index is 11.4. The maximum Gasteiger partial charge on any atom is 0.323 e. The van der Waals surface area contributed by atoms with Crippen molar-refractivity contribution in [3.63, 3.8) is 0 Å². The lowest BCUT2D eigenvalue weighted by molar-refractivity contribution is -0.144. The number of carboxylic acid groups (broad SMARTS) is 1. The van der Waals surface area contributed by atoms with Gasteiger partial charge in [-0.05, 0) is 45.6 Å². The molecule has 1 unspecified atom stereocenters. The zero-order chi connectivity index (χ0) is 14.0. The Morgan fingerprint density at radius 2 is 2.11 bits per heavy atom. The second-order valence-corrected chi connectivity index (χ2v) is 6.88. The van der Waals surface area contributed by atoms with Gasteiger partial charge in [0.05, 0.1) is 0 Å². The van der Waals surface area contributed by atoms with Gasteiger partial charge in [-0.25, -0.2) is 0 Å². The molecular formula is C14H28N2O2. The highest BCUT2D eigenvalue weighted by molar-refractivity contribution is 5.78. The van der Waals surface area contributed by atoms with Gasteiger partial charge in [0, 0.05) is 19.1 Å². The number of aliphatic carboxylic acids is 1. The molecule has 0 spiro atoms. The summed E-state index contributed by atoms with van der Waals surface area (Å²) in [5.41, 5.74) is -0.438. The van der Waals surface area contributed by atoms with E-state index in [0.29, 0.717) is 11.8 Å². The van der Waals surface area contributed by atoms with E-state index in [-0.39, 0.29) is 6.04 Å². The Kier molecular flexibility index (Phi) is 4.78. The molecule has 106 valence electrons. The number of likely N-dealkylation sites (tertiary alicyclic amines) is 1. The van der Waals surface area contributed by atoms with E-state index in [1.807, 2.05) is 13.8 Å². The third-order valence-electron chi connectivity index (χ3n) is 3.76. The normalized spacial score (nSPS) is 23.2. The van der Waals surface area contributed by atoms with Crippen molar-refractivity contribution in [3.8, 4) is 0 Å². The molecule has 4 nitrogen and oxygen atoms in total. The predicted molar refractivity (Wildman–Crippen MR) is 73.8 cm³/mol. The Hall–Kier alpha value is -0.610. The zero-order valence-electron chi connectivity index (χ0n) is 12.4. The highest BCUT2D eigenvalue weighted by Gasteiger charge is 2.35. The van der Waals surface area contributed by atoms with Gasteiger partial charge in [0.1, 0.15) is 5.54 Å². The summed E-state index contributed by atoms with van der Waals surface area (Å²) in [5.74, 6) is -0.755. The molecule has 4 heteroatoms. The van der Waals surface area contributed by atoms with Gasteiger partial charge in [-0.1, -0.05) is 13.8 Å². The monoisotopic (exact) mass is 256 g/mol. The molecule has 2 N–H and O–H groups in total. The Morgan fingerprint density at radius 1 is 1.50 bits per heavy atom. The smallest absolute Gasteiger partial charge is 0.323 e. The van der Waals surface area contributed by atoms with Crippen LogP contribution in [0.25, 0.3) is 0 Å². The molecule has 1 atom stereocenters. The minimum absolute atomic E-state index is 0.182. The van der Waals surface area contributed by atoms with Crippen molar-refractivity contribution in [3.05, 3.63) is 0 Å². The highest BCUT2D eigenvalue weighted by atomic mass is 16.4. The van der Waals surface area contributed by atoms with Crippen LogP contribution in [-0.4, -0.2) is 47.2 Å². The third kappa shape index (κ3) is 4.25. The molecule has 0 aromatic heterocycles. The quantitative estimate of drug-likeness (QED) is 0.762. The summed E-state index contributed by atoms with van der Waals surface area (Å²) in [6.07, 6.45) is 1.85. The Morgan fingerprint density at radius 3 is 2.50 bits per heavy atom. The first kappa shape index (κ1) is 15.4. The molecule has 0 aromatic rings. The van der Waals surface area contributed by atoms with Gasteiger partial charge in [-0.3, -0.25) is 10.1 Å². The number of rotatable bonds is 6. The fourth-order valence-corrected chi connectivity index (χ4v) is 2.67. The first-order chi connectivity index (χ1) is 8.15. The van der Waals surface area contributed by atoms with Crippen LogP contribution >= 0.6 is 0 Å². The second-order valence-electron chi connectivity index (χ2n) is 6.88. The van der Waals surface area contributed by atoms with E-state index in [4.69, 9.17) is 0 Å². The number of hydrogen-bond donors (Lipinski definition) is 2. The van der Waals surface area contributed by atoms with Gasteiger partial charge in [0.15, 0.2) is 0 Å². The molecule has 1 aliphatic rings. The summed E-state index contributed by atoms with van der Waals surface area (Å²) in [4.78, 5) is 13.8. The standard InChI is InChI=1S/C14H28N2O2/c1-11(2)15-14(5,12(17)18)7-9-16-8-6-13(3,4)10-16/h11,15H,6-10H2,1-5H3,(H,17,18). The number of carbonyl (C=O) groups is 1. The molecular weight excluding hydrogens is 228 g/mol. The second kappa shape index (κ2) is 5.57. The molecule has 18 heavy (non-hydrogen) atoms. The van der Waals surface area contributed by atoms with E-state index >= 15 is 0 Å². The summed E-state index contributed by atoms with van der Waals surface area (Å²) in [6.45, 7) is 13.3. The molecule has 1 heterocycles. The molecule has 0 saturated carbocycles. The van der Waals surface area contributed by atoms with E-state index < -0.39 is 11.5 Å². The lowest BCUT2D eigenvalue weighted by atomic mass is 9.93. The lowest BCUT2D eigenvalue weighted by Crippen LogP contribution is -2.53. The van der Waals surface area contributed by atoms with Gasteiger partial charge < -0.3 is 10.0 Å². The molecule has 1 fully saturated rings. The summed E-state index contributed by atoms with van der Waals surface area (Å²) < 4.78 is 0. The van der Waals surface area contributed by atoms with Crippen LogP contribution in [0.5, 0.6) is 0 Å². The third-order valence-corrected chi connectivity index (χ3v) is 3.76. The molecule has 0 aliphatic carbocycles. The van der Waals surface area contributed by atoms with Crippen molar-refractivity contribution in [2.24, 2.45) is 5.41 Å². The summed E-state index contributed by atoms with van der Waals surface area (Å²) in [7, 11) is 0. The molecule has 1 aliphatic heterocycles. The van der Waals surface area contributed by atoms with E-state index in [9.17, 15) is 9.90 Å². The van der Waals surface area contributed by atoms with Crippen LogP contribution in [0.4, 0.5) is 0 Å². The molecule has 0 amide bonds. The van der Waals surface area contributed by atoms with Gasteiger partial charge in [0.25, 0.3) is 0 Å². The molecule has 1 saturated heterocycles. The Labute approximate surface area is 111 Å². The molecule has 0 bridgehead atoms.